The third-order valence-electron chi connectivity index (χ3n) is 4.08. The molecular weight excluding hydrogens is 325 g/mol. The van der Waals surface area contributed by atoms with Gasteiger partial charge in [-0.2, -0.15) is 0 Å². The molecule has 2 rings (SSSR count). The van der Waals surface area contributed by atoms with Crippen LogP contribution in [0.5, 0.6) is 0 Å². The molecule has 0 radical (unpaired) electrons. The normalized spacial score (nSPS) is 16.4. The Morgan fingerprint density at radius 3 is 2.43 bits per heavy atom. The zero-order valence-electron chi connectivity index (χ0n) is 12.6. The number of halogens is 1. The maximum Gasteiger partial charge on any atom is 0.319 e. The van der Waals surface area contributed by atoms with E-state index in [-0.39, 0.29) is 25.1 Å². The third-order valence-corrected chi connectivity index (χ3v) is 4.91. The Labute approximate surface area is 133 Å². The van der Waals surface area contributed by atoms with E-state index in [9.17, 15) is 27.5 Å². The lowest BCUT2D eigenvalue weighted by atomic mass is 9.68. The molecule has 0 bridgehead atoms. The lowest BCUT2D eigenvalue weighted by Crippen LogP contribution is -2.50. The van der Waals surface area contributed by atoms with Crippen LogP contribution in [0.1, 0.15) is 30.4 Å². The van der Waals surface area contributed by atoms with Crippen LogP contribution in [0.25, 0.3) is 0 Å². The first kappa shape index (κ1) is 17.4. The number of carbonyl (C=O) groups excluding carboxylic acids is 1. The van der Waals surface area contributed by atoms with Gasteiger partial charge in [0.1, 0.15) is 11.2 Å². The number of hydrogen-bond donors (Lipinski definition) is 2. The summed E-state index contributed by atoms with van der Waals surface area (Å²) in [4.78, 5) is 23.4. The molecule has 1 amide bonds. The van der Waals surface area contributed by atoms with Crippen molar-refractivity contribution in [1.82, 2.24) is 5.32 Å². The van der Waals surface area contributed by atoms with Crippen molar-refractivity contribution >= 4 is 21.7 Å². The van der Waals surface area contributed by atoms with Crippen LogP contribution in [0.15, 0.2) is 18.2 Å². The first-order chi connectivity index (χ1) is 10.6. The molecule has 0 heterocycles. The summed E-state index contributed by atoms with van der Waals surface area (Å²) in [6.07, 6.45) is 2.27. The Bertz CT molecular complexity index is 740. The highest BCUT2D eigenvalue weighted by Crippen LogP contribution is 2.41. The quantitative estimate of drug-likeness (QED) is 0.757. The Kier molecular flexibility index (Phi) is 4.74. The summed E-state index contributed by atoms with van der Waals surface area (Å²) in [5.74, 6) is -2.62. The van der Waals surface area contributed by atoms with Crippen molar-refractivity contribution in [1.29, 1.82) is 0 Å². The predicted octanol–water partition coefficient (Wildman–Crippen LogP) is 1.24. The van der Waals surface area contributed by atoms with Crippen LogP contribution in [0, 0.1) is 11.2 Å². The largest absolute Gasteiger partial charge is 0.480 e. The molecule has 1 aromatic carbocycles. The number of carbonyl (C=O) groups is 2. The van der Waals surface area contributed by atoms with Gasteiger partial charge in [0.2, 0.25) is 5.91 Å². The summed E-state index contributed by atoms with van der Waals surface area (Å²) in [6, 6.07) is 3.65. The Hall–Kier alpha value is -1.96. The monoisotopic (exact) mass is 343 g/mol. The molecular formula is C15H18FNO5S. The first-order valence-electron chi connectivity index (χ1n) is 7.11. The molecule has 23 heavy (non-hydrogen) atoms. The zero-order chi connectivity index (χ0) is 17.3. The molecule has 0 aliphatic heterocycles. The molecule has 0 spiro atoms. The summed E-state index contributed by atoms with van der Waals surface area (Å²) < 4.78 is 36.2. The van der Waals surface area contributed by atoms with Gasteiger partial charge in [-0.1, -0.05) is 12.5 Å². The average molecular weight is 343 g/mol. The second-order valence-corrected chi connectivity index (χ2v) is 8.05. The van der Waals surface area contributed by atoms with Crippen LogP contribution >= 0.6 is 0 Å². The predicted molar refractivity (Wildman–Crippen MR) is 80.7 cm³/mol. The molecule has 0 saturated heterocycles. The number of aliphatic carboxylic acids is 1. The molecule has 8 heteroatoms. The molecule has 0 aromatic heterocycles. The van der Waals surface area contributed by atoms with E-state index in [2.05, 4.69) is 5.32 Å². The number of carboxylic acid groups (broad SMARTS) is 1. The molecule has 1 aliphatic carbocycles. The van der Waals surface area contributed by atoms with Crippen LogP contribution in [0.4, 0.5) is 4.39 Å². The minimum absolute atomic E-state index is 0.115. The van der Waals surface area contributed by atoms with Gasteiger partial charge in [-0.3, -0.25) is 9.59 Å². The van der Waals surface area contributed by atoms with Crippen molar-refractivity contribution in [2.75, 3.05) is 6.26 Å². The standard InChI is InChI=1S/C15H18FNO5S/c1-23(21,22)9-10-3-4-12(16)7-11(10)8-17-13(18)15(14(19)20)5-2-6-15/h3-4,7H,2,5-6,8-9H2,1H3,(H,17,18)(H,19,20). The Balaban J connectivity index is 2.15. The van der Waals surface area contributed by atoms with Gasteiger partial charge in [0.05, 0.1) is 5.75 Å². The van der Waals surface area contributed by atoms with Crippen molar-refractivity contribution in [2.45, 2.75) is 31.6 Å². The van der Waals surface area contributed by atoms with E-state index in [1.807, 2.05) is 0 Å². The highest BCUT2D eigenvalue weighted by Gasteiger charge is 2.51. The SMILES string of the molecule is CS(=O)(=O)Cc1ccc(F)cc1CNC(=O)C1(C(=O)O)CCC1. The molecule has 126 valence electrons. The van der Waals surface area contributed by atoms with Crippen LogP contribution < -0.4 is 5.32 Å². The van der Waals surface area contributed by atoms with Crippen LogP contribution in [-0.2, 0) is 31.7 Å². The number of hydrogen-bond acceptors (Lipinski definition) is 4. The number of benzene rings is 1. The summed E-state index contributed by atoms with van der Waals surface area (Å²) >= 11 is 0. The van der Waals surface area contributed by atoms with E-state index >= 15 is 0 Å². The van der Waals surface area contributed by atoms with E-state index in [0.29, 0.717) is 17.5 Å². The highest BCUT2D eigenvalue weighted by atomic mass is 32.2. The molecule has 0 atom stereocenters. The maximum absolute atomic E-state index is 13.4. The summed E-state index contributed by atoms with van der Waals surface area (Å²) in [6.45, 7) is -0.115. The minimum atomic E-state index is -3.32. The number of sulfone groups is 1. The lowest BCUT2D eigenvalue weighted by Gasteiger charge is -2.35. The van der Waals surface area contributed by atoms with Gasteiger partial charge in [-0.05, 0) is 36.1 Å². The van der Waals surface area contributed by atoms with Gasteiger partial charge < -0.3 is 10.4 Å². The van der Waals surface area contributed by atoms with Crippen molar-refractivity contribution in [3.05, 3.63) is 35.1 Å². The van der Waals surface area contributed by atoms with Crippen molar-refractivity contribution in [3.63, 3.8) is 0 Å². The van der Waals surface area contributed by atoms with E-state index < -0.39 is 32.9 Å². The number of amides is 1. The molecule has 1 aliphatic rings. The van der Waals surface area contributed by atoms with E-state index in [1.54, 1.807) is 0 Å². The second-order valence-electron chi connectivity index (χ2n) is 5.91. The Morgan fingerprint density at radius 2 is 1.96 bits per heavy atom. The maximum atomic E-state index is 13.4. The molecule has 2 N–H and O–H groups in total. The fourth-order valence-electron chi connectivity index (χ4n) is 2.60. The summed E-state index contributed by atoms with van der Waals surface area (Å²) in [7, 11) is -3.32. The molecule has 0 unspecified atom stereocenters. The molecule has 6 nitrogen and oxygen atoms in total. The van der Waals surface area contributed by atoms with Gasteiger partial charge in [0, 0.05) is 12.8 Å². The number of rotatable bonds is 6. The fourth-order valence-corrected chi connectivity index (χ4v) is 3.44. The molecule has 1 fully saturated rings. The second kappa shape index (κ2) is 6.27. The average Bonchev–Trinajstić information content (AvgIpc) is 2.35. The molecule has 1 saturated carbocycles. The van der Waals surface area contributed by atoms with Gasteiger partial charge in [-0.25, -0.2) is 12.8 Å². The fraction of sp³-hybridized carbons (Fsp3) is 0.467. The highest BCUT2D eigenvalue weighted by molar-refractivity contribution is 7.89. The van der Waals surface area contributed by atoms with E-state index in [0.717, 1.165) is 18.4 Å². The molecule has 1 aromatic rings. The lowest BCUT2D eigenvalue weighted by molar-refractivity contribution is -0.162. The topological polar surface area (TPSA) is 101 Å². The number of nitrogens with one attached hydrogen (secondary N) is 1. The van der Waals surface area contributed by atoms with Gasteiger partial charge >= 0.3 is 5.97 Å². The Morgan fingerprint density at radius 1 is 1.30 bits per heavy atom. The van der Waals surface area contributed by atoms with E-state index in [4.69, 9.17) is 0 Å². The smallest absolute Gasteiger partial charge is 0.319 e. The summed E-state index contributed by atoms with van der Waals surface area (Å²) in [5.41, 5.74) is -0.708. The van der Waals surface area contributed by atoms with Gasteiger partial charge in [-0.15, -0.1) is 0 Å². The van der Waals surface area contributed by atoms with Crippen LogP contribution in [0.3, 0.4) is 0 Å². The van der Waals surface area contributed by atoms with Crippen molar-refractivity contribution in [2.24, 2.45) is 5.41 Å². The van der Waals surface area contributed by atoms with Crippen molar-refractivity contribution < 1.29 is 27.5 Å². The van der Waals surface area contributed by atoms with Crippen molar-refractivity contribution in [3.8, 4) is 0 Å². The van der Waals surface area contributed by atoms with Gasteiger partial charge in [0.15, 0.2) is 9.84 Å². The number of carboxylic acids is 1. The zero-order valence-corrected chi connectivity index (χ0v) is 13.5. The third kappa shape index (κ3) is 3.87. The van der Waals surface area contributed by atoms with Crippen LogP contribution in [-0.4, -0.2) is 31.7 Å². The van der Waals surface area contributed by atoms with Gasteiger partial charge in [0.25, 0.3) is 0 Å². The minimum Gasteiger partial charge on any atom is -0.480 e. The van der Waals surface area contributed by atoms with E-state index in [1.165, 1.54) is 6.07 Å². The summed E-state index contributed by atoms with van der Waals surface area (Å²) in [5, 5.41) is 11.7. The van der Waals surface area contributed by atoms with Crippen LogP contribution in [0.2, 0.25) is 0 Å². The first-order valence-corrected chi connectivity index (χ1v) is 9.17.